The van der Waals surface area contributed by atoms with Crippen LogP contribution in [0.2, 0.25) is 0 Å². The number of fused-ring (bicyclic) bond motifs is 1. The number of carboxylic acid groups (broad SMARTS) is 1. The summed E-state index contributed by atoms with van der Waals surface area (Å²) in [4.78, 5) is 23.8. The van der Waals surface area contributed by atoms with Gasteiger partial charge in [0.1, 0.15) is 0 Å². The first kappa shape index (κ1) is 15.8. The van der Waals surface area contributed by atoms with E-state index in [0.29, 0.717) is 13.0 Å². The van der Waals surface area contributed by atoms with Gasteiger partial charge in [-0.15, -0.1) is 11.3 Å². The molecule has 1 aromatic heterocycles. The van der Waals surface area contributed by atoms with Crippen molar-refractivity contribution in [1.29, 1.82) is 0 Å². The van der Waals surface area contributed by atoms with Crippen LogP contribution in [0, 0.1) is 5.92 Å². The number of rotatable bonds is 6. The third kappa shape index (κ3) is 4.74. The summed E-state index contributed by atoms with van der Waals surface area (Å²) < 4.78 is 0. The molecule has 2 atom stereocenters. The number of thiophene rings is 1. The van der Waals surface area contributed by atoms with Crippen molar-refractivity contribution in [3.05, 3.63) is 21.9 Å². The number of amides is 2. The van der Waals surface area contributed by atoms with Crippen LogP contribution in [0.25, 0.3) is 0 Å². The van der Waals surface area contributed by atoms with E-state index in [9.17, 15) is 9.59 Å². The van der Waals surface area contributed by atoms with E-state index in [2.05, 4.69) is 22.1 Å². The molecule has 0 bridgehead atoms. The Morgan fingerprint density at radius 3 is 3.10 bits per heavy atom. The molecule has 6 heteroatoms. The molecule has 1 aliphatic rings. The van der Waals surface area contributed by atoms with Crippen LogP contribution in [-0.2, 0) is 11.2 Å². The highest BCUT2D eigenvalue weighted by molar-refractivity contribution is 7.10. The highest BCUT2D eigenvalue weighted by Crippen LogP contribution is 2.33. The predicted molar refractivity (Wildman–Crippen MR) is 82.6 cm³/mol. The summed E-state index contributed by atoms with van der Waals surface area (Å²) in [6.45, 7) is 2.45. The zero-order valence-corrected chi connectivity index (χ0v) is 13.0. The minimum Gasteiger partial charge on any atom is -0.481 e. The van der Waals surface area contributed by atoms with Crippen LogP contribution in [0.5, 0.6) is 0 Å². The molecular weight excluding hydrogens is 288 g/mol. The summed E-state index contributed by atoms with van der Waals surface area (Å²) in [5.41, 5.74) is 1.25. The molecule has 1 aromatic rings. The smallest absolute Gasteiger partial charge is 0.315 e. The quantitative estimate of drug-likeness (QED) is 0.756. The second-order valence-electron chi connectivity index (χ2n) is 5.64. The van der Waals surface area contributed by atoms with E-state index in [1.54, 1.807) is 11.3 Å². The van der Waals surface area contributed by atoms with Crippen molar-refractivity contribution in [2.75, 3.05) is 6.54 Å². The lowest BCUT2D eigenvalue weighted by atomic mass is 9.94. The molecule has 3 N–H and O–H groups in total. The van der Waals surface area contributed by atoms with Crippen LogP contribution in [0.3, 0.4) is 0 Å². The normalized spacial score (nSPS) is 18.6. The van der Waals surface area contributed by atoms with Gasteiger partial charge < -0.3 is 15.7 Å². The van der Waals surface area contributed by atoms with E-state index >= 15 is 0 Å². The molecule has 0 radical (unpaired) electrons. The maximum absolute atomic E-state index is 12.0. The van der Waals surface area contributed by atoms with Gasteiger partial charge in [-0.2, -0.15) is 0 Å². The van der Waals surface area contributed by atoms with Crippen molar-refractivity contribution in [2.24, 2.45) is 5.92 Å². The van der Waals surface area contributed by atoms with Gasteiger partial charge in [-0.1, -0.05) is 6.92 Å². The fraction of sp³-hybridized carbons (Fsp3) is 0.600. The first-order valence-corrected chi connectivity index (χ1v) is 8.26. The molecule has 1 heterocycles. The molecule has 0 saturated carbocycles. The predicted octanol–water partition coefficient (Wildman–Crippen LogP) is 2.93. The van der Waals surface area contributed by atoms with Crippen molar-refractivity contribution in [3.63, 3.8) is 0 Å². The van der Waals surface area contributed by atoms with Crippen LogP contribution >= 0.6 is 11.3 Å². The Morgan fingerprint density at radius 2 is 2.33 bits per heavy atom. The molecule has 0 spiro atoms. The Hall–Kier alpha value is -1.56. The second kappa shape index (κ2) is 7.45. The van der Waals surface area contributed by atoms with Crippen molar-refractivity contribution < 1.29 is 14.7 Å². The van der Waals surface area contributed by atoms with Gasteiger partial charge >= 0.3 is 12.0 Å². The average Bonchev–Trinajstić information content (AvgIpc) is 2.92. The Labute approximate surface area is 128 Å². The fourth-order valence-corrected chi connectivity index (χ4v) is 3.57. The average molecular weight is 310 g/mol. The van der Waals surface area contributed by atoms with Gasteiger partial charge in [-0.25, -0.2) is 4.79 Å². The first-order chi connectivity index (χ1) is 10.1. The van der Waals surface area contributed by atoms with Crippen molar-refractivity contribution in [2.45, 2.75) is 45.1 Å². The second-order valence-corrected chi connectivity index (χ2v) is 6.64. The summed E-state index contributed by atoms with van der Waals surface area (Å²) in [7, 11) is 0. The maximum atomic E-state index is 12.0. The number of carbonyl (C=O) groups is 2. The highest BCUT2D eigenvalue weighted by Gasteiger charge is 2.22. The van der Waals surface area contributed by atoms with Gasteiger partial charge in [0.25, 0.3) is 0 Å². The molecule has 116 valence electrons. The molecule has 2 amide bonds. The van der Waals surface area contributed by atoms with Gasteiger partial charge in [0.15, 0.2) is 0 Å². The highest BCUT2D eigenvalue weighted by atomic mass is 32.1. The molecule has 0 fully saturated rings. The lowest BCUT2D eigenvalue weighted by Gasteiger charge is -2.24. The van der Waals surface area contributed by atoms with E-state index < -0.39 is 5.97 Å². The van der Waals surface area contributed by atoms with E-state index in [1.165, 1.54) is 10.4 Å². The number of hydrogen-bond acceptors (Lipinski definition) is 3. The van der Waals surface area contributed by atoms with Crippen LogP contribution in [0.1, 0.15) is 49.1 Å². The summed E-state index contributed by atoms with van der Waals surface area (Å²) >= 11 is 1.76. The van der Waals surface area contributed by atoms with Crippen LogP contribution < -0.4 is 10.6 Å². The number of nitrogens with one attached hydrogen (secondary N) is 2. The van der Waals surface area contributed by atoms with Crippen LogP contribution in [0.15, 0.2) is 11.4 Å². The fourth-order valence-electron chi connectivity index (χ4n) is 2.58. The van der Waals surface area contributed by atoms with Gasteiger partial charge in [0.05, 0.1) is 6.04 Å². The minimum absolute atomic E-state index is 0.106. The number of carboxylic acids is 1. The number of aryl methyl sites for hydroxylation is 1. The standard InChI is InChI=1S/C15H22N2O3S/c1-10(5-6-14(18)19)9-16-15(20)17-12-3-2-4-13-11(12)7-8-21-13/h7-8,10,12H,2-6,9H2,1H3,(H,18,19)(H2,16,17,20). The number of aliphatic carboxylic acids is 1. The zero-order valence-electron chi connectivity index (χ0n) is 12.2. The summed E-state index contributed by atoms with van der Waals surface area (Å²) in [5.74, 6) is -0.631. The van der Waals surface area contributed by atoms with Gasteiger partial charge in [0.2, 0.25) is 0 Å². The Bertz CT molecular complexity index is 501. The largest absolute Gasteiger partial charge is 0.481 e. The lowest BCUT2D eigenvalue weighted by molar-refractivity contribution is -0.137. The first-order valence-electron chi connectivity index (χ1n) is 7.38. The van der Waals surface area contributed by atoms with Crippen molar-refractivity contribution in [3.8, 4) is 0 Å². The van der Waals surface area contributed by atoms with Crippen molar-refractivity contribution in [1.82, 2.24) is 10.6 Å². The minimum atomic E-state index is -0.793. The van der Waals surface area contributed by atoms with Crippen LogP contribution in [0.4, 0.5) is 4.79 Å². The van der Waals surface area contributed by atoms with Gasteiger partial charge in [0, 0.05) is 17.8 Å². The number of urea groups is 1. The molecule has 5 nitrogen and oxygen atoms in total. The SMILES string of the molecule is CC(CCC(=O)O)CNC(=O)NC1CCCc2sccc21. The van der Waals surface area contributed by atoms with E-state index in [-0.39, 0.29) is 24.4 Å². The summed E-state index contributed by atoms with van der Waals surface area (Å²) in [6.07, 6.45) is 3.91. The van der Waals surface area contributed by atoms with E-state index in [1.807, 2.05) is 6.92 Å². The third-order valence-corrected chi connectivity index (χ3v) is 4.82. The molecule has 0 aliphatic heterocycles. The van der Waals surface area contributed by atoms with Gasteiger partial charge in [-0.05, 0) is 48.6 Å². The molecule has 0 saturated heterocycles. The van der Waals surface area contributed by atoms with Crippen molar-refractivity contribution >= 4 is 23.3 Å². The maximum Gasteiger partial charge on any atom is 0.315 e. The third-order valence-electron chi connectivity index (χ3n) is 3.82. The van der Waals surface area contributed by atoms with E-state index in [4.69, 9.17) is 5.11 Å². The molecule has 2 unspecified atom stereocenters. The topological polar surface area (TPSA) is 78.4 Å². The summed E-state index contributed by atoms with van der Waals surface area (Å²) in [5, 5.41) is 16.6. The Kier molecular flexibility index (Phi) is 5.61. The number of hydrogen-bond donors (Lipinski definition) is 3. The van der Waals surface area contributed by atoms with E-state index in [0.717, 1.165) is 19.3 Å². The zero-order chi connectivity index (χ0) is 15.2. The molecule has 1 aliphatic carbocycles. The van der Waals surface area contributed by atoms with Crippen LogP contribution in [-0.4, -0.2) is 23.7 Å². The molecule has 0 aromatic carbocycles. The lowest BCUT2D eigenvalue weighted by Crippen LogP contribution is -2.40. The Morgan fingerprint density at radius 1 is 1.52 bits per heavy atom. The molecule has 2 rings (SSSR count). The molecular formula is C15H22N2O3S. The monoisotopic (exact) mass is 310 g/mol. The summed E-state index contributed by atoms with van der Waals surface area (Å²) in [6, 6.07) is 2.04. The number of carbonyl (C=O) groups excluding carboxylic acids is 1. The molecule has 21 heavy (non-hydrogen) atoms. The Balaban J connectivity index is 1.74. The van der Waals surface area contributed by atoms with Gasteiger partial charge in [-0.3, -0.25) is 4.79 Å².